The minimum atomic E-state index is -0.110. The van der Waals surface area contributed by atoms with Crippen LogP contribution in [0.1, 0.15) is 37.6 Å². The summed E-state index contributed by atoms with van der Waals surface area (Å²) in [5.74, 6) is 0.426. The third kappa shape index (κ3) is 3.86. The van der Waals surface area contributed by atoms with Crippen LogP contribution in [0.3, 0.4) is 0 Å². The Labute approximate surface area is 134 Å². The van der Waals surface area contributed by atoms with Crippen molar-refractivity contribution in [1.82, 2.24) is 10.3 Å². The summed E-state index contributed by atoms with van der Waals surface area (Å²) < 4.78 is 0. The first-order valence-electron chi connectivity index (χ1n) is 6.93. The van der Waals surface area contributed by atoms with E-state index in [-0.39, 0.29) is 11.9 Å². The van der Waals surface area contributed by atoms with Crippen LogP contribution in [0.4, 0.5) is 0 Å². The molecular weight excluding hydrogens is 307 g/mol. The fourth-order valence-electron chi connectivity index (χ4n) is 2.39. The van der Waals surface area contributed by atoms with Crippen LogP contribution in [0.2, 0.25) is 10.2 Å². The Morgan fingerprint density at radius 3 is 2.62 bits per heavy atom. The van der Waals surface area contributed by atoms with Gasteiger partial charge in [0, 0.05) is 28.6 Å². The lowest BCUT2D eigenvalue weighted by Crippen LogP contribution is -2.33. The number of amides is 1. The molecule has 0 saturated carbocycles. The van der Waals surface area contributed by atoms with E-state index in [2.05, 4.69) is 24.1 Å². The van der Waals surface area contributed by atoms with E-state index in [1.165, 1.54) is 6.20 Å². The predicted octanol–water partition coefficient (Wildman–Crippen LogP) is 4.71. The fraction of sp³-hybridized carbons (Fsp3) is 0.375. The van der Waals surface area contributed by atoms with Gasteiger partial charge in [-0.25, -0.2) is 4.98 Å². The zero-order valence-corrected chi connectivity index (χ0v) is 13.8. The van der Waals surface area contributed by atoms with Crippen LogP contribution in [-0.2, 0) is 0 Å². The van der Waals surface area contributed by atoms with Gasteiger partial charge in [-0.05, 0) is 31.4 Å². The van der Waals surface area contributed by atoms with Crippen molar-refractivity contribution in [3.63, 3.8) is 0 Å². The van der Waals surface area contributed by atoms with Crippen molar-refractivity contribution in [2.45, 2.75) is 33.2 Å². The van der Waals surface area contributed by atoms with Crippen LogP contribution in [0.15, 0.2) is 24.4 Å². The Balaban J connectivity index is 2.26. The summed E-state index contributed by atoms with van der Waals surface area (Å²) in [6, 6.07) is 5.41. The number of fused-ring (bicyclic) bond motifs is 1. The van der Waals surface area contributed by atoms with Crippen molar-refractivity contribution in [1.29, 1.82) is 0 Å². The molecule has 1 amide bonds. The molecule has 1 aromatic heterocycles. The first-order chi connectivity index (χ1) is 9.88. The van der Waals surface area contributed by atoms with Gasteiger partial charge in [0.1, 0.15) is 5.15 Å². The first kappa shape index (κ1) is 16.1. The quantitative estimate of drug-likeness (QED) is 0.828. The average Bonchev–Trinajstić information content (AvgIpc) is 2.41. The monoisotopic (exact) mass is 324 g/mol. The van der Waals surface area contributed by atoms with E-state index in [0.717, 1.165) is 11.8 Å². The second kappa shape index (κ2) is 6.63. The van der Waals surface area contributed by atoms with Gasteiger partial charge in [0.15, 0.2) is 0 Å². The molecule has 0 radical (unpaired) electrons. The molecule has 1 heterocycles. The smallest absolute Gasteiger partial charge is 0.251 e. The van der Waals surface area contributed by atoms with Crippen molar-refractivity contribution < 1.29 is 4.79 Å². The normalized spacial score (nSPS) is 12.7. The Morgan fingerprint density at radius 2 is 1.95 bits per heavy atom. The number of nitrogens with one attached hydrogen (secondary N) is 1. The number of hydrogen-bond acceptors (Lipinski definition) is 2. The van der Waals surface area contributed by atoms with Crippen LogP contribution >= 0.6 is 23.2 Å². The van der Waals surface area contributed by atoms with Crippen LogP contribution in [0.5, 0.6) is 0 Å². The summed E-state index contributed by atoms with van der Waals surface area (Å²) in [5, 5.41) is 5.34. The predicted molar refractivity (Wildman–Crippen MR) is 88.1 cm³/mol. The fourth-order valence-corrected chi connectivity index (χ4v) is 2.81. The summed E-state index contributed by atoms with van der Waals surface area (Å²) >= 11 is 12.2. The number of aromatic nitrogens is 1. The van der Waals surface area contributed by atoms with Gasteiger partial charge in [-0.3, -0.25) is 4.79 Å². The van der Waals surface area contributed by atoms with Crippen molar-refractivity contribution in [2.75, 3.05) is 0 Å². The highest BCUT2D eigenvalue weighted by molar-refractivity contribution is 6.39. The zero-order valence-electron chi connectivity index (χ0n) is 12.3. The highest BCUT2D eigenvalue weighted by Gasteiger charge is 2.13. The molecule has 0 aliphatic rings. The molecule has 0 spiro atoms. The van der Waals surface area contributed by atoms with Gasteiger partial charge < -0.3 is 5.32 Å². The van der Waals surface area contributed by atoms with Crippen molar-refractivity contribution in [3.05, 3.63) is 40.1 Å². The Kier molecular flexibility index (Phi) is 5.07. The standard InChI is InChI=1S/C16H18Cl2N2O/c1-9(2)6-10(3)20-16(21)11-4-5-12-13(7-11)15(18)19-8-14(12)17/h4-5,7-10H,6H2,1-3H3,(H,20,21). The van der Waals surface area contributed by atoms with E-state index in [0.29, 0.717) is 27.0 Å². The Hall–Kier alpha value is -1.32. The molecular formula is C16H18Cl2N2O. The minimum absolute atomic E-state index is 0.110. The topological polar surface area (TPSA) is 42.0 Å². The molecule has 112 valence electrons. The number of rotatable bonds is 4. The van der Waals surface area contributed by atoms with Gasteiger partial charge in [0.2, 0.25) is 0 Å². The Bertz CT molecular complexity index is 671. The molecule has 1 atom stereocenters. The molecule has 2 aromatic rings. The van der Waals surface area contributed by atoms with E-state index in [4.69, 9.17) is 23.2 Å². The molecule has 2 rings (SSSR count). The molecule has 1 N–H and O–H groups in total. The number of hydrogen-bond donors (Lipinski definition) is 1. The number of pyridine rings is 1. The SMILES string of the molecule is CC(C)CC(C)NC(=O)c1ccc2c(Cl)cnc(Cl)c2c1. The van der Waals surface area contributed by atoms with E-state index < -0.39 is 0 Å². The van der Waals surface area contributed by atoms with Gasteiger partial charge >= 0.3 is 0 Å². The maximum Gasteiger partial charge on any atom is 0.251 e. The maximum absolute atomic E-state index is 12.3. The summed E-state index contributed by atoms with van der Waals surface area (Å²) in [4.78, 5) is 16.3. The Morgan fingerprint density at radius 1 is 1.24 bits per heavy atom. The van der Waals surface area contributed by atoms with Gasteiger partial charge in [0.25, 0.3) is 5.91 Å². The van der Waals surface area contributed by atoms with E-state index in [1.54, 1.807) is 18.2 Å². The summed E-state index contributed by atoms with van der Waals surface area (Å²) in [7, 11) is 0. The number of benzene rings is 1. The number of carbonyl (C=O) groups excluding carboxylic acids is 1. The molecule has 21 heavy (non-hydrogen) atoms. The highest BCUT2D eigenvalue weighted by Crippen LogP contribution is 2.28. The van der Waals surface area contributed by atoms with Crippen molar-refractivity contribution in [2.24, 2.45) is 5.92 Å². The van der Waals surface area contributed by atoms with Gasteiger partial charge in [0.05, 0.1) is 5.02 Å². The third-order valence-electron chi connectivity index (χ3n) is 3.26. The van der Waals surface area contributed by atoms with Crippen LogP contribution in [0.25, 0.3) is 10.8 Å². The summed E-state index contributed by atoms with van der Waals surface area (Å²) in [6.07, 6.45) is 2.45. The van der Waals surface area contributed by atoms with E-state index in [9.17, 15) is 4.79 Å². The molecule has 0 aliphatic heterocycles. The van der Waals surface area contributed by atoms with Gasteiger partial charge in [-0.1, -0.05) is 43.1 Å². The first-order valence-corrected chi connectivity index (χ1v) is 7.68. The number of halogens is 2. The molecule has 1 unspecified atom stereocenters. The van der Waals surface area contributed by atoms with Gasteiger partial charge in [-0.15, -0.1) is 0 Å². The second-order valence-corrected chi connectivity index (χ2v) is 6.43. The largest absolute Gasteiger partial charge is 0.350 e. The summed E-state index contributed by atoms with van der Waals surface area (Å²) in [6.45, 7) is 6.27. The second-order valence-electron chi connectivity index (χ2n) is 5.66. The molecule has 5 heteroatoms. The van der Waals surface area contributed by atoms with Crippen molar-refractivity contribution in [3.8, 4) is 0 Å². The molecule has 3 nitrogen and oxygen atoms in total. The maximum atomic E-state index is 12.3. The lowest BCUT2D eigenvalue weighted by Gasteiger charge is -2.16. The molecule has 1 aromatic carbocycles. The lowest BCUT2D eigenvalue weighted by molar-refractivity contribution is 0.0936. The van der Waals surface area contributed by atoms with Crippen LogP contribution < -0.4 is 5.32 Å². The third-order valence-corrected chi connectivity index (χ3v) is 3.86. The highest BCUT2D eigenvalue weighted by atomic mass is 35.5. The molecule has 0 bridgehead atoms. The van der Waals surface area contributed by atoms with Crippen LogP contribution in [0, 0.1) is 5.92 Å². The van der Waals surface area contributed by atoms with E-state index in [1.807, 2.05) is 6.92 Å². The number of nitrogens with zero attached hydrogens (tertiary/aromatic N) is 1. The number of carbonyl (C=O) groups is 1. The summed E-state index contributed by atoms with van der Waals surface area (Å²) in [5.41, 5.74) is 0.559. The molecule has 0 saturated heterocycles. The average molecular weight is 325 g/mol. The molecule has 0 fully saturated rings. The van der Waals surface area contributed by atoms with E-state index >= 15 is 0 Å². The lowest BCUT2D eigenvalue weighted by atomic mass is 10.0. The van der Waals surface area contributed by atoms with Crippen LogP contribution in [-0.4, -0.2) is 16.9 Å². The molecule has 0 aliphatic carbocycles. The van der Waals surface area contributed by atoms with Crippen molar-refractivity contribution >= 4 is 39.9 Å². The minimum Gasteiger partial charge on any atom is -0.350 e. The van der Waals surface area contributed by atoms with Gasteiger partial charge in [-0.2, -0.15) is 0 Å². The zero-order chi connectivity index (χ0) is 15.6.